The summed E-state index contributed by atoms with van der Waals surface area (Å²) in [7, 11) is 1.65. The summed E-state index contributed by atoms with van der Waals surface area (Å²) in [5, 5.41) is 10.7. The third-order valence-electron chi connectivity index (χ3n) is 3.89. The van der Waals surface area contributed by atoms with E-state index in [-0.39, 0.29) is 6.04 Å². The van der Waals surface area contributed by atoms with Gasteiger partial charge in [0.25, 0.3) is 0 Å². The number of benzene rings is 1. The largest absolute Gasteiger partial charge is 0.497 e. The van der Waals surface area contributed by atoms with Gasteiger partial charge in [0.15, 0.2) is 0 Å². The molecule has 2 N–H and O–H groups in total. The van der Waals surface area contributed by atoms with Gasteiger partial charge in [-0.3, -0.25) is 4.68 Å². The SMILES string of the molecule is COc1ccc(Cn2ccc(N[C@H]3CCNC[C@@H]3F)n2)cc1. The number of aromatic nitrogens is 2. The molecular weight excluding hydrogens is 283 g/mol. The van der Waals surface area contributed by atoms with Crippen LogP contribution >= 0.6 is 0 Å². The first-order valence-corrected chi connectivity index (χ1v) is 7.52. The normalized spacial score (nSPS) is 21.5. The minimum absolute atomic E-state index is 0.161. The molecule has 0 bridgehead atoms. The summed E-state index contributed by atoms with van der Waals surface area (Å²) in [6.07, 6.45) is 1.80. The van der Waals surface area contributed by atoms with Crippen LogP contribution in [0.25, 0.3) is 0 Å². The van der Waals surface area contributed by atoms with Gasteiger partial charge in [-0.15, -0.1) is 0 Å². The van der Waals surface area contributed by atoms with Gasteiger partial charge in [0.2, 0.25) is 0 Å². The minimum atomic E-state index is -0.875. The topological polar surface area (TPSA) is 51.1 Å². The van der Waals surface area contributed by atoms with Crippen molar-refractivity contribution in [3.05, 3.63) is 42.1 Å². The molecule has 1 fully saturated rings. The third-order valence-corrected chi connectivity index (χ3v) is 3.89. The third kappa shape index (κ3) is 3.57. The number of halogens is 1. The Labute approximate surface area is 129 Å². The number of nitrogens with zero attached hydrogens (tertiary/aromatic N) is 2. The van der Waals surface area contributed by atoms with E-state index in [0.717, 1.165) is 30.1 Å². The molecule has 0 radical (unpaired) electrons. The van der Waals surface area contributed by atoms with E-state index in [1.165, 1.54) is 0 Å². The van der Waals surface area contributed by atoms with Crippen LogP contribution in [0.1, 0.15) is 12.0 Å². The summed E-state index contributed by atoms with van der Waals surface area (Å²) in [6.45, 7) is 1.92. The number of methoxy groups -OCH3 is 1. The van der Waals surface area contributed by atoms with E-state index in [0.29, 0.717) is 13.1 Å². The molecule has 2 atom stereocenters. The number of ether oxygens (including phenoxy) is 1. The molecule has 1 aromatic heterocycles. The number of nitrogens with one attached hydrogen (secondary N) is 2. The van der Waals surface area contributed by atoms with Gasteiger partial charge in [-0.05, 0) is 30.7 Å². The average Bonchev–Trinajstić information content (AvgIpc) is 2.97. The van der Waals surface area contributed by atoms with Crippen molar-refractivity contribution in [3.8, 4) is 5.75 Å². The molecular formula is C16H21FN4O. The zero-order valence-electron chi connectivity index (χ0n) is 12.6. The molecule has 1 saturated heterocycles. The molecule has 1 aliphatic rings. The molecule has 2 heterocycles. The van der Waals surface area contributed by atoms with Gasteiger partial charge in [0, 0.05) is 18.8 Å². The summed E-state index contributed by atoms with van der Waals surface area (Å²) in [5.74, 6) is 1.56. The molecule has 118 valence electrons. The van der Waals surface area contributed by atoms with Crippen molar-refractivity contribution in [2.24, 2.45) is 0 Å². The Morgan fingerprint density at radius 2 is 2.18 bits per heavy atom. The summed E-state index contributed by atoms with van der Waals surface area (Å²) >= 11 is 0. The van der Waals surface area contributed by atoms with Crippen LogP contribution in [-0.2, 0) is 6.54 Å². The van der Waals surface area contributed by atoms with E-state index >= 15 is 0 Å². The molecule has 0 amide bonds. The highest BCUT2D eigenvalue weighted by molar-refractivity contribution is 5.35. The van der Waals surface area contributed by atoms with Crippen LogP contribution in [0.5, 0.6) is 5.75 Å². The Bertz CT molecular complexity index is 598. The second-order valence-electron chi connectivity index (χ2n) is 5.51. The Morgan fingerprint density at radius 1 is 1.36 bits per heavy atom. The van der Waals surface area contributed by atoms with Crippen LogP contribution in [0.2, 0.25) is 0 Å². The maximum Gasteiger partial charge on any atom is 0.148 e. The second-order valence-corrected chi connectivity index (χ2v) is 5.51. The summed E-state index contributed by atoms with van der Waals surface area (Å²) in [4.78, 5) is 0. The second kappa shape index (κ2) is 6.79. The van der Waals surface area contributed by atoms with Gasteiger partial charge in [0.05, 0.1) is 19.7 Å². The standard InChI is InChI=1S/C16H21FN4O/c1-22-13-4-2-12(3-5-13)11-21-9-7-16(20-21)19-15-6-8-18-10-14(15)17/h2-5,7,9,14-15,18H,6,8,10-11H2,1H3,(H,19,20)/t14-,15-/m0/s1. The zero-order valence-corrected chi connectivity index (χ0v) is 12.6. The van der Waals surface area contributed by atoms with E-state index in [1.54, 1.807) is 7.11 Å². The first-order valence-electron chi connectivity index (χ1n) is 7.52. The Hall–Kier alpha value is -2.08. The number of hydrogen-bond donors (Lipinski definition) is 2. The van der Waals surface area contributed by atoms with Crippen molar-refractivity contribution < 1.29 is 9.13 Å². The predicted octanol–water partition coefficient (Wildman–Crippen LogP) is 2.05. The van der Waals surface area contributed by atoms with Crippen LogP contribution in [-0.4, -0.2) is 42.2 Å². The van der Waals surface area contributed by atoms with Crippen LogP contribution < -0.4 is 15.4 Å². The number of alkyl halides is 1. The van der Waals surface area contributed by atoms with Crippen LogP contribution in [0.3, 0.4) is 0 Å². The molecule has 0 unspecified atom stereocenters. The smallest absolute Gasteiger partial charge is 0.148 e. The Balaban J connectivity index is 1.60. The van der Waals surface area contributed by atoms with Gasteiger partial charge in [-0.2, -0.15) is 5.10 Å². The maximum atomic E-state index is 13.8. The molecule has 0 saturated carbocycles. The Kier molecular flexibility index (Phi) is 4.58. The van der Waals surface area contributed by atoms with Gasteiger partial charge in [-0.1, -0.05) is 12.1 Å². The lowest BCUT2D eigenvalue weighted by molar-refractivity contribution is 0.244. The van der Waals surface area contributed by atoms with Crippen molar-refractivity contribution >= 4 is 5.82 Å². The van der Waals surface area contributed by atoms with E-state index in [9.17, 15) is 4.39 Å². The van der Waals surface area contributed by atoms with Gasteiger partial charge >= 0.3 is 0 Å². The molecule has 0 aliphatic carbocycles. The number of anilines is 1. The molecule has 2 aromatic rings. The fraction of sp³-hybridized carbons (Fsp3) is 0.438. The molecule has 1 aromatic carbocycles. The predicted molar refractivity (Wildman–Crippen MR) is 84.1 cm³/mol. The van der Waals surface area contributed by atoms with Crippen molar-refractivity contribution in [1.29, 1.82) is 0 Å². The lowest BCUT2D eigenvalue weighted by atomic mass is 10.1. The summed E-state index contributed by atoms with van der Waals surface area (Å²) < 4.78 is 20.8. The molecule has 5 nitrogen and oxygen atoms in total. The summed E-state index contributed by atoms with van der Waals surface area (Å²) in [6, 6.07) is 9.61. The quantitative estimate of drug-likeness (QED) is 0.888. The van der Waals surface area contributed by atoms with Gasteiger partial charge in [0.1, 0.15) is 17.7 Å². The first-order chi connectivity index (χ1) is 10.7. The van der Waals surface area contributed by atoms with Crippen LogP contribution in [0.15, 0.2) is 36.5 Å². The molecule has 1 aliphatic heterocycles. The minimum Gasteiger partial charge on any atom is -0.497 e. The fourth-order valence-corrected chi connectivity index (χ4v) is 2.62. The van der Waals surface area contributed by atoms with Crippen molar-refractivity contribution in [3.63, 3.8) is 0 Å². The van der Waals surface area contributed by atoms with Crippen molar-refractivity contribution in [2.45, 2.75) is 25.2 Å². The van der Waals surface area contributed by atoms with Gasteiger partial charge < -0.3 is 15.4 Å². The highest BCUT2D eigenvalue weighted by atomic mass is 19.1. The van der Waals surface area contributed by atoms with Crippen LogP contribution in [0.4, 0.5) is 10.2 Å². The van der Waals surface area contributed by atoms with E-state index < -0.39 is 6.17 Å². The summed E-state index contributed by atoms with van der Waals surface area (Å²) in [5.41, 5.74) is 1.14. The van der Waals surface area contributed by atoms with E-state index in [2.05, 4.69) is 15.7 Å². The average molecular weight is 304 g/mol. The molecule has 22 heavy (non-hydrogen) atoms. The monoisotopic (exact) mass is 304 g/mol. The molecule has 0 spiro atoms. The van der Waals surface area contributed by atoms with Crippen molar-refractivity contribution in [2.75, 3.05) is 25.5 Å². The number of hydrogen-bond acceptors (Lipinski definition) is 4. The van der Waals surface area contributed by atoms with Crippen LogP contribution in [0, 0.1) is 0 Å². The highest BCUT2D eigenvalue weighted by Crippen LogP contribution is 2.15. The lowest BCUT2D eigenvalue weighted by Gasteiger charge is -2.27. The van der Waals surface area contributed by atoms with E-state index in [4.69, 9.17) is 4.74 Å². The van der Waals surface area contributed by atoms with Gasteiger partial charge in [-0.25, -0.2) is 4.39 Å². The molecule has 6 heteroatoms. The number of rotatable bonds is 5. The fourth-order valence-electron chi connectivity index (χ4n) is 2.62. The highest BCUT2D eigenvalue weighted by Gasteiger charge is 2.24. The maximum absolute atomic E-state index is 13.8. The Morgan fingerprint density at radius 3 is 2.91 bits per heavy atom. The lowest BCUT2D eigenvalue weighted by Crippen LogP contribution is -2.45. The first kappa shape index (κ1) is 14.8. The molecule has 3 rings (SSSR count). The van der Waals surface area contributed by atoms with E-state index in [1.807, 2.05) is 41.2 Å². The zero-order chi connectivity index (χ0) is 15.4. The number of piperidine rings is 1. The van der Waals surface area contributed by atoms with Crippen molar-refractivity contribution in [1.82, 2.24) is 15.1 Å².